The molecule has 0 bridgehead atoms. The quantitative estimate of drug-likeness (QED) is 0.123. The van der Waals surface area contributed by atoms with Gasteiger partial charge in [0.05, 0.1) is 44.2 Å². The first-order valence-corrected chi connectivity index (χ1v) is 22.9. The first-order chi connectivity index (χ1) is 29.8. The molecule has 9 rings (SSSR count). The van der Waals surface area contributed by atoms with Crippen LogP contribution in [0.3, 0.4) is 0 Å². The van der Waals surface area contributed by atoms with Crippen LogP contribution in [0.15, 0.2) is 23.8 Å². The van der Waals surface area contributed by atoms with Gasteiger partial charge in [-0.05, 0) is 73.7 Å². The van der Waals surface area contributed by atoms with E-state index in [1.165, 1.54) is 13.8 Å². The Kier molecular flexibility index (Phi) is 12.6. The fourth-order valence-electron chi connectivity index (χ4n) is 13.9. The van der Waals surface area contributed by atoms with E-state index in [1.807, 2.05) is 0 Å². The number of hydrogen-bond donors (Lipinski definition) is 8. The summed E-state index contributed by atoms with van der Waals surface area (Å²) in [7, 11) is 0. The smallest absolute Gasteiger partial charge is 0.303 e. The van der Waals surface area contributed by atoms with Crippen molar-refractivity contribution in [3.63, 3.8) is 0 Å². The molecule has 0 radical (unpaired) electrons. The number of esters is 1. The average Bonchev–Trinajstić information content (AvgIpc) is 3.69. The minimum absolute atomic E-state index is 0.0361. The van der Waals surface area contributed by atoms with E-state index in [0.717, 1.165) is 36.8 Å². The van der Waals surface area contributed by atoms with Crippen LogP contribution in [0.5, 0.6) is 0 Å². The fraction of sp³-hybridized carbons (Fsp3) is 0.889. The van der Waals surface area contributed by atoms with Gasteiger partial charge in [-0.2, -0.15) is 0 Å². The minimum atomic E-state index is -1.77. The molecule has 0 amide bonds. The van der Waals surface area contributed by atoms with E-state index < -0.39 is 115 Å². The Hall–Kier alpha value is -1.69. The predicted octanol–water partition coefficient (Wildman–Crippen LogP) is -0.0752. The number of rotatable bonds is 7. The van der Waals surface area contributed by atoms with Crippen molar-refractivity contribution in [2.45, 2.75) is 190 Å². The number of carbonyl (C=O) groups is 1. The number of fused-ring (bicyclic) bond motifs is 7. The van der Waals surface area contributed by atoms with Gasteiger partial charge in [-0.25, -0.2) is 0 Å². The molecule has 8 fully saturated rings. The molecule has 18 nitrogen and oxygen atoms in total. The topological polar surface area (TPSA) is 262 Å². The number of aliphatic hydroxyl groups is 8. The van der Waals surface area contributed by atoms with E-state index in [9.17, 15) is 45.6 Å². The summed E-state index contributed by atoms with van der Waals surface area (Å²) in [5, 5.41) is 88.1. The van der Waals surface area contributed by atoms with Gasteiger partial charge < -0.3 is 83.5 Å². The second-order valence-electron chi connectivity index (χ2n) is 20.6. The summed E-state index contributed by atoms with van der Waals surface area (Å²) in [5.41, 5.74) is 1.26. The van der Waals surface area contributed by atoms with Gasteiger partial charge in [0.25, 0.3) is 0 Å². The van der Waals surface area contributed by atoms with Gasteiger partial charge in [-0.3, -0.25) is 4.79 Å². The van der Waals surface area contributed by atoms with E-state index in [-0.39, 0.29) is 54.8 Å². The van der Waals surface area contributed by atoms with Gasteiger partial charge in [0, 0.05) is 31.1 Å². The molecule has 0 aromatic heterocycles. The monoisotopic (exact) mass is 896 g/mol. The lowest BCUT2D eigenvalue weighted by Gasteiger charge is -2.60. The number of aliphatic hydroxyl groups excluding tert-OH is 8. The standard InChI is InChI=1S/C45H68O18/c1-18-11-30(50)45(57-15-18)19(2)32-29(63-45)14-26-24-8-7-22-12-23(47)13-31(44(22,6)25(24)9-10-43(26,32)5)60-42-39(62-41-36(54)34(52)37(20(3)58-41)59-21(4)46)38(28(49)17-56-42)61-40-35(53)33(51)27(48)16-55-40/h7,19-20,23-42,47-54H,1,8-17H2,2-6H3/t19-,20-,23+,24+,25-,26-,27+,28-,29-,30?,31+,32-,33-,34-,35+,36+,37-,38-,39+,40-,41-,42-,43-,44-,45-/m0/s1. The van der Waals surface area contributed by atoms with Gasteiger partial charge in [0.15, 0.2) is 30.8 Å². The molecule has 25 atom stereocenters. The van der Waals surface area contributed by atoms with Crippen molar-refractivity contribution in [3.8, 4) is 0 Å². The first kappa shape index (κ1) is 46.4. The molecule has 9 aliphatic rings. The third-order valence-corrected chi connectivity index (χ3v) is 17.0. The zero-order valence-corrected chi connectivity index (χ0v) is 36.7. The maximum Gasteiger partial charge on any atom is 0.303 e. The van der Waals surface area contributed by atoms with Crippen LogP contribution in [-0.4, -0.2) is 177 Å². The summed E-state index contributed by atoms with van der Waals surface area (Å²) in [5.74, 6) is -0.931. The molecule has 4 aliphatic carbocycles. The molecule has 63 heavy (non-hydrogen) atoms. The molecule has 1 unspecified atom stereocenters. The summed E-state index contributed by atoms with van der Waals surface area (Å²) in [6.45, 7) is 13.1. The van der Waals surface area contributed by atoms with Crippen molar-refractivity contribution in [1.82, 2.24) is 0 Å². The highest BCUT2D eigenvalue weighted by Gasteiger charge is 2.71. The minimum Gasteiger partial charge on any atom is -0.457 e. The third-order valence-electron chi connectivity index (χ3n) is 17.0. The van der Waals surface area contributed by atoms with Crippen molar-refractivity contribution in [2.24, 2.45) is 40.4 Å². The summed E-state index contributed by atoms with van der Waals surface area (Å²) < 4.78 is 55.7. The molecule has 0 aromatic rings. The Morgan fingerprint density at radius 2 is 1.51 bits per heavy atom. The van der Waals surface area contributed by atoms with Gasteiger partial charge in [0.2, 0.25) is 0 Å². The zero-order chi connectivity index (χ0) is 45.1. The second kappa shape index (κ2) is 17.1. The molecule has 18 heteroatoms. The van der Waals surface area contributed by atoms with Gasteiger partial charge in [-0.1, -0.05) is 39.0 Å². The molecule has 0 aromatic carbocycles. The highest BCUT2D eigenvalue weighted by atomic mass is 16.8. The van der Waals surface area contributed by atoms with Crippen LogP contribution in [0, 0.1) is 40.4 Å². The van der Waals surface area contributed by atoms with E-state index in [0.29, 0.717) is 25.4 Å². The predicted molar refractivity (Wildman–Crippen MR) is 214 cm³/mol. The number of allylic oxidation sites excluding steroid dienone is 1. The molecular formula is C45H68O18. The van der Waals surface area contributed by atoms with Crippen LogP contribution in [0.1, 0.15) is 79.6 Å². The highest BCUT2D eigenvalue weighted by Crippen LogP contribution is 2.71. The van der Waals surface area contributed by atoms with Gasteiger partial charge in [0.1, 0.15) is 54.9 Å². The number of ether oxygens (including phenoxy) is 9. The van der Waals surface area contributed by atoms with Crippen molar-refractivity contribution in [3.05, 3.63) is 23.8 Å². The van der Waals surface area contributed by atoms with Crippen molar-refractivity contribution >= 4 is 5.97 Å². The van der Waals surface area contributed by atoms with Crippen LogP contribution in [0.2, 0.25) is 0 Å². The van der Waals surface area contributed by atoms with Crippen LogP contribution in [0.4, 0.5) is 0 Å². The van der Waals surface area contributed by atoms with Crippen molar-refractivity contribution in [2.75, 3.05) is 19.8 Å². The van der Waals surface area contributed by atoms with E-state index >= 15 is 0 Å². The lowest BCUT2D eigenvalue weighted by atomic mass is 9.46. The molecular weight excluding hydrogens is 828 g/mol. The Bertz CT molecular complexity index is 1750. The van der Waals surface area contributed by atoms with Gasteiger partial charge >= 0.3 is 5.97 Å². The largest absolute Gasteiger partial charge is 0.457 e. The highest BCUT2D eigenvalue weighted by molar-refractivity contribution is 5.66. The first-order valence-electron chi connectivity index (χ1n) is 22.9. The lowest BCUT2D eigenvalue weighted by molar-refractivity contribution is -0.382. The van der Waals surface area contributed by atoms with Gasteiger partial charge in [-0.15, -0.1) is 0 Å². The van der Waals surface area contributed by atoms with Crippen LogP contribution in [-0.2, 0) is 47.4 Å². The fourth-order valence-corrected chi connectivity index (χ4v) is 13.9. The molecule has 3 saturated carbocycles. The van der Waals surface area contributed by atoms with Crippen LogP contribution in [0.25, 0.3) is 0 Å². The maximum absolute atomic E-state index is 11.8. The molecule has 5 heterocycles. The Morgan fingerprint density at radius 1 is 0.810 bits per heavy atom. The normalized spacial score (nSPS) is 55.6. The Labute approximate surface area is 367 Å². The SMILES string of the molecule is C=C1CO[C@@]2(O[C@H]3C[C@H]4[C@@H]5CC=C6C[C@@H](O)C[C@@H](O[C@@H]7OC[C@H](O)[C@H](O[C@@H]8OC[C@@H](O)[C@H](O)[C@H]8O)[C@H]7O[C@@H]7O[C@@H](C)[C@H](OC(C)=O)[C@@H](O)[C@H]7O)[C@]6(C)[C@H]5CC[C@]4(C)[C@H]3[C@@H]2C)C(O)C1. The van der Waals surface area contributed by atoms with E-state index in [1.54, 1.807) is 0 Å². The third kappa shape index (κ3) is 7.60. The molecule has 5 saturated heterocycles. The summed E-state index contributed by atoms with van der Waals surface area (Å²) in [4.78, 5) is 11.8. The molecule has 5 aliphatic heterocycles. The molecule has 356 valence electrons. The Balaban J connectivity index is 0.995. The van der Waals surface area contributed by atoms with Crippen molar-refractivity contribution in [1.29, 1.82) is 0 Å². The van der Waals surface area contributed by atoms with E-state index in [4.69, 9.17) is 42.6 Å². The average molecular weight is 897 g/mol. The summed E-state index contributed by atoms with van der Waals surface area (Å²) in [6.07, 6.45) is -14.5. The Morgan fingerprint density at radius 3 is 2.24 bits per heavy atom. The van der Waals surface area contributed by atoms with Crippen LogP contribution < -0.4 is 0 Å². The summed E-state index contributed by atoms with van der Waals surface area (Å²) in [6, 6.07) is 0. The summed E-state index contributed by atoms with van der Waals surface area (Å²) >= 11 is 0. The maximum atomic E-state index is 11.8. The van der Waals surface area contributed by atoms with Crippen molar-refractivity contribution < 1.29 is 88.3 Å². The zero-order valence-electron chi connectivity index (χ0n) is 36.7. The molecule has 1 spiro atoms. The second-order valence-corrected chi connectivity index (χ2v) is 20.6. The lowest BCUT2D eigenvalue weighted by Crippen LogP contribution is -2.65. The van der Waals surface area contributed by atoms with E-state index in [2.05, 4.69) is 33.4 Å². The number of hydrogen-bond acceptors (Lipinski definition) is 18. The number of carbonyl (C=O) groups excluding carboxylic acids is 1. The molecule has 8 N–H and O–H groups in total. The van der Waals surface area contributed by atoms with Crippen LogP contribution >= 0.6 is 0 Å².